The Labute approximate surface area is 100 Å². The topological polar surface area (TPSA) is 113 Å². The summed E-state index contributed by atoms with van der Waals surface area (Å²) in [6, 6.07) is -1.22. The Kier molecular flexibility index (Phi) is 5.37. The predicted octanol–water partition coefficient (Wildman–Crippen LogP) is -0.687. The van der Waals surface area contributed by atoms with Gasteiger partial charge in [-0.1, -0.05) is 12.8 Å². The van der Waals surface area contributed by atoms with Crippen LogP contribution in [0.15, 0.2) is 0 Å². The quantitative estimate of drug-likeness (QED) is 0.511. The van der Waals surface area contributed by atoms with Gasteiger partial charge in [0.15, 0.2) is 0 Å². The van der Waals surface area contributed by atoms with E-state index < -0.39 is 18.6 Å². The molecule has 0 heterocycles. The van der Waals surface area contributed by atoms with Crippen LogP contribution in [0.3, 0.4) is 0 Å². The van der Waals surface area contributed by atoms with E-state index in [9.17, 15) is 9.59 Å². The zero-order chi connectivity index (χ0) is 12.8. The number of carbonyl (C=O) groups excluding carboxylic acids is 1. The van der Waals surface area contributed by atoms with E-state index in [4.69, 9.17) is 15.9 Å². The van der Waals surface area contributed by atoms with E-state index in [-0.39, 0.29) is 17.7 Å². The average Bonchev–Trinajstić information content (AvgIpc) is 2.35. The summed E-state index contributed by atoms with van der Waals surface area (Å²) in [5.41, 5.74) is 5.61. The largest absolute Gasteiger partial charge is 0.480 e. The van der Waals surface area contributed by atoms with Crippen LogP contribution >= 0.6 is 0 Å². The summed E-state index contributed by atoms with van der Waals surface area (Å²) in [7, 11) is 0. The number of aliphatic carboxylic acids is 1. The van der Waals surface area contributed by atoms with Gasteiger partial charge in [0.25, 0.3) is 0 Å². The van der Waals surface area contributed by atoms with Crippen molar-refractivity contribution < 1.29 is 19.8 Å². The minimum Gasteiger partial charge on any atom is -0.480 e. The highest BCUT2D eigenvalue weighted by Crippen LogP contribution is 2.29. The molecule has 2 unspecified atom stereocenters. The second-order valence-corrected chi connectivity index (χ2v) is 4.47. The fourth-order valence-electron chi connectivity index (χ4n) is 2.30. The third kappa shape index (κ3) is 3.67. The van der Waals surface area contributed by atoms with Crippen molar-refractivity contribution in [3.05, 3.63) is 0 Å². The van der Waals surface area contributed by atoms with Crippen molar-refractivity contribution in [3.8, 4) is 0 Å². The number of carbonyl (C=O) groups is 2. The van der Waals surface area contributed by atoms with Crippen molar-refractivity contribution in [2.24, 2.45) is 17.6 Å². The molecule has 0 spiro atoms. The summed E-state index contributed by atoms with van der Waals surface area (Å²) in [6.07, 6.45) is 3.68. The van der Waals surface area contributed by atoms with E-state index >= 15 is 0 Å². The lowest BCUT2D eigenvalue weighted by atomic mass is 9.78. The van der Waals surface area contributed by atoms with Crippen LogP contribution in [0.4, 0.5) is 0 Å². The van der Waals surface area contributed by atoms with Crippen molar-refractivity contribution >= 4 is 11.9 Å². The van der Waals surface area contributed by atoms with E-state index in [1.807, 2.05) is 0 Å². The summed E-state index contributed by atoms with van der Waals surface area (Å²) in [4.78, 5) is 22.6. The summed E-state index contributed by atoms with van der Waals surface area (Å²) in [5, 5.41) is 19.9. The Bertz CT molecular complexity index is 283. The average molecular weight is 244 g/mol. The van der Waals surface area contributed by atoms with Gasteiger partial charge in [-0.15, -0.1) is 0 Å². The Hall–Kier alpha value is -1.14. The normalized spacial score (nSPS) is 26.2. The van der Waals surface area contributed by atoms with Gasteiger partial charge in [-0.3, -0.25) is 4.79 Å². The zero-order valence-corrected chi connectivity index (χ0v) is 9.76. The lowest BCUT2D eigenvalue weighted by molar-refractivity contribution is -0.144. The number of nitrogens with two attached hydrogens (primary N) is 1. The molecule has 98 valence electrons. The van der Waals surface area contributed by atoms with E-state index in [0.29, 0.717) is 6.54 Å². The standard InChI is InChI=1S/C11H20N2O4/c12-5-7-3-1-2-4-8(7)10(15)13-9(6-14)11(16)17/h7-9,14H,1-6,12H2,(H,13,15)(H,16,17)/t7?,8?,9-/m0/s1. The van der Waals surface area contributed by atoms with Crippen LogP contribution in [0, 0.1) is 11.8 Å². The van der Waals surface area contributed by atoms with Gasteiger partial charge in [-0.25, -0.2) is 4.79 Å². The minimum absolute atomic E-state index is 0.122. The van der Waals surface area contributed by atoms with Gasteiger partial charge in [0.1, 0.15) is 6.04 Å². The fraction of sp³-hybridized carbons (Fsp3) is 0.818. The first-order valence-corrected chi connectivity index (χ1v) is 5.94. The first-order valence-electron chi connectivity index (χ1n) is 5.94. The third-order valence-corrected chi connectivity index (χ3v) is 3.35. The minimum atomic E-state index is -1.22. The Morgan fingerprint density at radius 2 is 2.00 bits per heavy atom. The van der Waals surface area contributed by atoms with Crippen LogP contribution in [-0.4, -0.2) is 41.3 Å². The van der Waals surface area contributed by atoms with E-state index in [0.717, 1.165) is 25.7 Å². The van der Waals surface area contributed by atoms with Gasteiger partial charge in [0, 0.05) is 5.92 Å². The molecule has 0 aromatic heterocycles. The number of rotatable bonds is 5. The van der Waals surface area contributed by atoms with Crippen molar-refractivity contribution in [1.82, 2.24) is 5.32 Å². The molecule has 6 heteroatoms. The van der Waals surface area contributed by atoms with Crippen LogP contribution in [-0.2, 0) is 9.59 Å². The van der Waals surface area contributed by atoms with Crippen molar-refractivity contribution in [2.45, 2.75) is 31.7 Å². The molecular weight excluding hydrogens is 224 g/mol. The first-order chi connectivity index (χ1) is 8.10. The number of amides is 1. The maximum absolute atomic E-state index is 11.9. The maximum Gasteiger partial charge on any atom is 0.328 e. The third-order valence-electron chi connectivity index (χ3n) is 3.35. The van der Waals surface area contributed by atoms with Gasteiger partial charge in [0.2, 0.25) is 5.91 Å². The second-order valence-electron chi connectivity index (χ2n) is 4.47. The number of carboxylic acids is 1. The van der Waals surface area contributed by atoms with Crippen molar-refractivity contribution in [3.63, 3.8) is 0 Å². The van der Waals surface area contributed by atoms with E-state index in [1.165, 1.54) is 0 Å². The molecule has 1 saturated carbocycles. The van der Waals surface area contributed by atoms with Crippen molar-refractivity contribution in [2.75, 3.05) is 13.2 Å². The molecule has 0 aromatic rings. The molecule has 0 bridgehead atoms. The highest BCUT2D eigenvalue weighted by Gasteiger charge is 2.32. The molecule has 1 aliphatic carbocycles. The number of carboxylic acid groups (broad SMARTS) is 1. The molecule has 6 nitrogen and oxygen atoms in total. The molecule has 1 aliphatic rings. The molecule has 0 radical (unpaired) electrons. The number of hydrogen-bond acceptors (Lipinski definition) is 4. The van der Waals surface area contributed by atoms with Crippen LogP contribution in [0.25, 0.3) is 0 Å². The Balaban J connectivity index is 2.58. The van der Waals surface area contributed by atoms with Gasteiger partial charge in [-0.05, 0) is 25.3 Å². The van der Waals surface area contributed by atoms with E-state index in [2.05, 4.69) is 5.32 Å². The molecule has 1 amide bonds. The molecule has 5 N–H and O–H groups in total. The number of nitrogens with one attached hydrogen (secondary N) is 1. The van der Waals surface area contributed by atoms with Crippen LogP contribution < -0.4 is 11.1 Å². The zero-order valence-electron chi connectivity index (χ0n) is 9.76. The maximum atomic E-state index is 11.9. The molecule has 0 aliphatic heterocycles. The van der Waals surface area contributed by atoms with Crippen LogP contribution in [0.2, 0.25) is 0 Å². The second kappa shape index (κ2) is 6.56. The lowest BCUT2D eigenvalue weighted by Crippen LogP contribution is -2.48. The summed E-state index contributed by atoms with van der Waals surface area (Å²) >= 11 is 0. The summed E-state index contributed by atoms with van der Waals surface area (Å²) in [5.74, 6) is -1.62. The fourth-order valence-corrected chi connectivity index (χ4v) is 2.30. The molecule has 1 fully saturated rings. The number of aliphatic hydroxyl groups excluding tert-OH is 1. The molecule has 3 atom stereocenters. The highest BCUT2D eigenvalue weighted by molar-refractivity contribution is 5.85. The smallest absolute Gasteiger partial charge is 0.328 e. The van der Waals surface area contributed by atoms with Gasteiger partial charge < -0.3 is 21.3 Å². The van der Waals surface area contributed by atoms with E-state index in [1.54, 1.807) is 0 Å². The van der Waals surface area contributed by atoms with Gasteiger partial charge >= 0.3 is 5.97 Å². The number of aliphatic hydroxyl groups is 1. The predicted molar refractivity (Wildman–Crippen MR) is 61.2 cm³/mol. The molecule has 1 rings (SSSR count). The van der Waals surface area contributed by atoms with Crippen LogP contribution in [0.1, 0.15) is 25.7 Å². The van der Waals surface area contributed by atoms with Crippen molar-refractivity contribution in [1.29, 1.82) is 0 Å². The highest BCUT2D eigenvalue weighted by atomic mass is 16.4. The molecule has 0 saturated heterocycles. The summed E-state index contributed by atoms with van der Waals surface area (Å²) < 4.78 is 0. The van der Waals surface area contributed by atoms with Crippen LogP contribution in [0.5, 0.6) is 0 Å². The lowest BCUT2D eigenvalue weighted by Gasteiger charge is -2.30. The summed E-state index contributed by atoms with van der Waals surface area (Å²) in [6.45, 7) is -0.157. The SMILES string of the molecule is NCC1CCCCC1C(=O)N[C@@H](CO)C(=O)O. The van der Waals surface area contributed by atoms with Gasteiger partial charge in [0.05, 0.1) is 6.61 Å². The molecule has 17 heavy (non-hydrogen) atoms. The molecular formula is C11H20N2O4. The first kappa shape index (κ1) is 13.9. The monoisotopic (exact) mass is 244 g/mol. The molecule has 0 aromatic carbocycles. The van der Waals surface area contributed by atoms with Gasteiger partial charge in [-0.2, -0.15) is 0 Å². The number of hydrogen-bond donors (Lipinski definition) is 4. The Morgan fingerprint density at radius 3 is 2.53 bits per heavy atom. The Morgan fingerprint density at radius 1 is 1.35 bits per heavy atom.